The largest absolute Gasteiger partial charge is 0.497 e. The van der Waals surface area contributed by atoms with E-state index < -0.39 is 0 Å². The van der Waals surface area contributed by atoms with Crippen molar-refractivity contribution in [2.24, 2.45) is 0 Å². The fourth-order valence-corrected chi connectivity index (χ4v) is 1.63. The third-order valence-corrected chi connectivity index (χ3v) is 2.52. The molecule has 20 heavy (non-hydrogen) atoms. The van der Waals surface area contributed by atoms with Gasteiger partial charge in [0.2, 0.25) is 11.2 Å². The zero-order valence-electron chi connectivity index (χ0n) is 11.3. The summed E-state index contributed by atoms with van der Waals surface area (Å²) in [5.74, 6) is 1.06. The number of nitrogens with zero attached hydrogens (tertiary/aromatic N) is 3. The molecule has 1 aromatic heterocycles. The highest BCUT2D eigenvalue weighted by molar-refractivity contribution is 6.28. The highest BCUT2D eigenvalue weighted by Gasteiger charge is 2.06. The Kier molecular flexibility index (Phi) is 4.95. The molecule has 0 aliphatic carbocycles. The van der Waals surface area contributed by atoms with Crippen LogP contribution in [-0.4, -0.2) is 28.7 Å². The lowest BCUT2D eigenvalue weighted by atomic mass is 10.3. The molecule has 0 spiro atoms. The van der Waals surface area contributed by atoms with Crippen molar-refractivity contribution in [3.8, 4) is 11.8 Å². The van der Waals surface area contributed by atoms with Crippen molar-refractivity contribution < 1.29 is 9.47 Å². The van der Waals surface area contributed by atoms with Crippen LogP contribution in [0.1, 0.15) is 13.3 Å². The molecule has 106 valence electrons. The fraction of sp³-hybridized carbons (Fsp3) is 0.308. The Morgan fingerprint density at radius 3 is 2.85 bits per heavy atom. The summed E-state index contributed by atoms with van der Waals surface area (Å²) >= 11 is 5.85. The summed E-state index contributed by atoms with van der Waals surface area (Å²) in [4.78, 5) is 12.0. The minimum absolute atomic E-state index is 0.0801. The summed E-state index contributed by atoms with van der Waals surface area (Å²) in [5, 5.41) is 3.11. The molecule has 2 aromatic rings. The Balaban J connectivity index is 2.17. The predicted octanol–water partition coefficient (Wildman–Crippen LogP) is 3.07. The highest BCUT2D eigenvalue weighted by Crippen LogP contribution is 2.20. The molecule has 0 atom stereocenters. The number of anilines is 2. The lowest BCUT2D eigenvalue weighted by molar-refractivity contribution is 0.292. The number of halogens is 1. The Bertz CT molecular complexity index is 580. The molecule has 0 aliphatic rings. The maximum Gasteiger partial charge on any atom is 0.322 e. The first-order chi connectivity index (χ1) is 9.71. The van der Waals surface area contributed by atoms with Crippen LogP contribution in [0.4, 0.5) is 11.6 Å². The molecular weight excluding hydrogens is 280 g/mol. The number of benzene rings is 1. The summed E-state index contributed by atoms with van der Waals surface area (Å²) < 4.78 is 10.5. The summed E-state index contributed by atoms with van der Waals surface area (Å²) in [6.07, 6.45) is 0.863. The Hall–Kier alpha value is -2.08. The van der Waals surface area contributed by atoms with E-state index >= 15 is 0 Å². The van der Waals surface area contributed by atoms with E-state index in [2.05, 4.69) is 20.3 Å². The number of hydrogen-bond donors (Lipinski definition) is 1. The Morgan fingerprint density at radius 2 is 2.10 bits per heavy atom. The van der Waals surface area contributed by atoms with Crippen molar-refractivity contribution in [2.45, 2.75) is 13.3 Å². The quantitative estimate of drug-likeness (QED) is 0.883. The summed E-state index contributed by atoms with van der Waals surface area (Å²) in [5.41, 5.74) is 0.785. The summed E-state index contributed by atoms with van der Waals surface area (Å²) in [6, 6.07) is 7.61. The van der Waals surface area contributed by atoms with E-state index in [0.717, 1.165) is 17.9 Å². The number of ether oxygens (including phenoxy) is 2. The number of methoxy groups -OCH3 is 1. The average Bonchev–Trinajstić information content (AvgIpc) is 2.44. The molecule has 1 aromatic carbocycles. The van der Waals surface area contributed by atoms with Crippen LogP contribution in [0.25, 0.3) is 0 Å². The van der Waals surface area contributed by atoms with Gasteiger partial charge in [0.1, 0.15) is 5.75 Å². The van der Waals surface area contributed by atoms with Gasteiger partial charge in [0, 0.05) is 11.8 Å². The molecule has 6 nitrogen and oxygen atoms in total. The third-order valence-electron chi connectivity index (χ3n) is 2.35. The highest BCUT2D eigenvalue weighted by atomic mass is 35.5. The van der Waals surface area contributed by atoms with Crippen molar-refractivity contribution in [2.75, 3.05) is 19.0 Å². The first-order valence-electron chi connectivity index (χ1n) is 6.16. The Labute approximate surface area is 122 Å². The van der Waals surface area contributed by atoms with Gasteiger partial charge in [-0.25, -0.2) is 0 Å². The van der Waals surface area contributed by atoms with Gasteiger partial charge in [-0.1, -0.05) is 13.0 Å². The molecule has 0 saturated heterocycles. The third kappa shape index (κ3) is 3.96. The smallest absolute Gasteiger partial charge is 0.322 e. The van der Waals surface area contributed by atoms with Gasteiger partial charge in [-0.05, 0) is 30.2 Å². The molecule has 1 heterocycles. The zero-order chi connectivity index (χ0) is 14.4. The monoisotopic (exact) mass is 294 g/mol. The van der Waals surface area contributed by atoms with Crippen LogP contribution in [-0.2, 0) is 0 Å². The topological polar surface area (TPSA) is 69.2 Å². The number of hydrogen-bond acceptors (Lipinski definition) is 6. The molecule has 0 fully saturated rings. The molecule has 1 N–H and O–H groups in total. The van der Waals surface area contributed by atoms with E-state index in [1.807, 2.05) is 31.2 Å². The van der Waals surface area contributed by atoms with Crippen LogP contribution in [0.2, 0.25) is 5.28 Å². The number of nitrogens with one attached hydrogen (secondary N) is 1. The lowest BCUT2D eigenvalue weighted by Crippen LogP contribution is -2.04. The average molecular weight is 295 g/mol. The van der Waals surface area contributed by atoms with Crippen LogP contribution >= 0.6 is 11.6 Å². The molecule has 0 unspecified atom stereocenters. The van der Waals surface area contributed by atoms with Crippen LogP contribution < -0.4 is 14.8 Å². The normalized spacial score (nSPS) is 10.2. The molecule has 0 saturated carbocycles. The molecule has 0 aliphatic heterocycles. The number of rotatable bonds is 6. The SMILES string of the molecule is CCCOc1nc(Cl)nc(Nc2cccc(OC)c2)n1. The first-order valence-corrected chi connectivity index (χ1v) is 6.54. The van der Waals surface area contributed by atoms with E-state index in [0.29, 0.717) is 12.6 Å². The standard InChI is InChI=1S/C13H15ClN4O2/c1-3-7-20-13-17-11(14)16-12(18-13)15-9-5-4-6-10(8-9)19-2/h4-6,8H,3,7H2,1-2H3,(H,15,16,17,18). The molecule has 7 heteroatoms. The maximum atomic E-state index is 5.85. The van der Waals surface area contributed by atoms with E-state index in [-0.39, 0.29) is 11.3 Å². The lowest BCUT2D eigenvalue weighted by Gasteiger charge is -2.08. The van der Waals surface area contributed by atoms with E-state index in [1.54, 1.807) is 7.11 Å². The van der Waals surface area contributed by atoms with Crippen LogP contribution in [0.3, 0.4) is 0 Å². The van der Waals surface area contributed by atoms with E-state index in [9.17, 15) is 0 Å². The molecule has 0 bridgehead atoms. The summed E-state index contributed by atoms with van der Waals surface area (Å²) in [7, 11) is 1.61. The second-order valence-electron chi connectivity index (χ2n) is 3.92. The second-order valence-corrected chi connectivity index (χ2v) is 4.25. The summed E-state index contributed by atoms with van der Waals surface area (Å²) in [6.45, 7) is 2.52. The van der Waals surface area contributed by atoms with Crippen LogP contribution in [0, 0.1) is 0 Å². The molecule has 0 amide bonds. The maximum absolute atomic E-state index is 5.85. The van der Waals surface area contributed by atoms with Gasteiger partial charge in [0.05, 0.1) is 13.7 Å². The minimum Gasteiger partial charge on any atom is -0.497 e. The molecule has 2 rings (SSSR count). The van der Waals surface area contributed by atoms with Gasteiger partial charge in [0.25, 0.3) is 0 Å². The minimum atomic E-state index is 0.0801. The van der Waals surface area contributed by atoms with Gasteiger partial charge in [-0.3, -0.25) is 0 Å². The van der Waals surface area contributed by atoms with Crippen LogP contribution in [0.15, 0.2) is 24.3 Å². The predicted molar refractivity (Wildman–Crippen MR) is 76.9 cm³/mol. The van der Waals surface area contributed by atoms with Gasteiger partial charge in [-0.2, -0.15) is 15.0 Å². The fourth-order valence-electron chi connectivity index (χ4n) is 1.48. The first kappa shape index (κ1) is 14.3. The van der Waals surface area contributed by atoms with E-state index in [4.69, 9.17) is 21.1 Å². The van der Waals surface area contributed by atoms with E-state index in [1.165, 1.54) is 0 Å². The van der Waals surface area contributed by atoms with Gasteiger partial charge in [0.15, 0.2) is 0 Å². The number of aromatic nitrogens is 3. The molecule has 0 radical (unpaired) electrons. The molecular formula is C13H15ClN4O2. The Morgan fingerprint density at radius 1 is 1.25 bits per heavy atom. The van der Waals surface area contributed by atoms with Gasteiger partial charge < -0.3 is 14.8 Å². The zero-order valence-corrected chi connectivity index (χ0v) is 12.0. The van der Waals surface area contributed by atoms with Gasteiger partial charge in [-0.15, -0.1) is 0 Å². The van der Waals surface area contributed by atoms with Crippen molar-refractivity contribution >= 4 is 23.2 Å². The van der Waals surface area contributed by atoms with Crippen molar-refractivity contribution in [3.05, 3.63) is 29.5 Å². The van der Waals surface area contributed by atoms with Crippen molar-refractivity contribution in [1.82, 2.24) is 15.0 Å². The van der Waals surface area contributed by atoms with Crippen molar-refractivity contribution in [3.63, 3.8) is 0 Å². The van der Waals surface area contributed by atoms with Gasteiger partial charge >= 0.3 is 6.01 Å². The van der Waals surface area contributed by atoms with Crippen LogP contribution in [0.5, 0.6) is 11.8 Å². The van der Waals surface area contributed by atoms with Crippen molar-refractivity contribution in [1.29, 1.82) is 0 Å². The second kappa shape index (κ2) is 6.91.